The first-order valence-electron chi connectivity index (χ1n) is 17.1. The first-order chi connectivity index (χ1) is 24.4. The fourth-order valence-corrected chi connectivity index (χ4v) is 4.55. The summed E-state index contributed by atoms with van der Waals surface area (Å²) in [6, 6.07) is 0. The van der Waals surface area contributed by atoms with Gasteiger partial charge in [0, 0.05) is 31.5 Å². The van der Waals surface area contributed by atoms with E-state index in [2.05, 4.69) is 75.8 Å². The second-order valence-electron chi connectivity index (χ2n) is 13.8. The summed E-state index contributed by atoms with van der Waals surface area (Å²) in [5, 5.41) is 8.89. The molecule has 6 unspecified atom stereocenters. The van der Waals surface area contributed by atoms with Gasteiger partial charge in [-0.15, -0.1) is 0 Å². The van der Waals surface area contributed by atoms with E-state index in [1.54, 1.807) is 48.5 Å². The molecule has 0 aliphatic rings. The van der Waals surface area contributed by atoms with Crippen molar-refractivity contribution in [2.75, 3.05) is 46.2 Å². The van der Waals surface area contributed by atoms with E-state index in [9.17, 15) is 33.9 Å². The molecule has 13 nitrogen and oxygen atoms in total. The Kier molecular flexibility index (Phi) is 29.7. The summed E-state index contributed by atoms with van der Waals surface area (Å²) < 4.78 is 31.3. The van der Waals surface area contributed by atoms with Crippen LogP contribution in [0.3, 0.4) is 0 Å². The standard InChI is InChI=1S/C17H30O7S3.C17H30O6S3/c1-11(25)4-14(19)22-8-17(7-18,9-23-15(20)5-12(2)26)10-24-16(21)6-13(3)27;1-11(24)5-14(18)21-8-17(4,9-22-15(19)6-12(2)25)10-23-16(20)7-13(3)26/h11-13,18,25-27H,4-10H2,1-3H3;11-13,24-26H,5-10H2,1-4H3. The van der Waals surface area contributed by atoms with Crippen molar-refractivity contribution in [1.82, 2.24) is 0 Å². The van der Waals surface area contributed by atoms with Crippen LogP contribution >= 0.6 is 75.8 Å². The molecule has 0 aromatic rings. The van der Waals surface area contributed by atoms with Gasteiger partial charge in [0.2, 0.25) is 0 Å². The third-order valence-electron chi connectivity index (χ3n) is 6.47. The van der Waals surface area contributed by atoms with E-state index in [4.69, 9.17) is 28.4 Å². The number of hydrogen-bond donors (Lipinski definition) is 7. The Morgan fingerprint density at radius 3 is 0.736 bits per heavy atom. The zero-order chi connectivity index (χ0) is 41.4. The van der Waals surface area contributed by atoms with Crippen LogP contribution in [-0.2, 0) is 57.2 Å². The van der Waals surface area contributed by atoms with Gasteiger partial charge < -0.3 is 33.5 Å². The quantitative estimate of drug-likeness (QED) is 0.0389. The highest BCUT2D eigenvalue weighted by atomic mass is 32.1. The first kappa shape index (κ1) is 54.0. The van der Waals surface area contributed by atoms with Gasteiger partial charge in [0.25, 0.3) is 0 Å². The Bertz CT molecular complexity index is 987. The zero-order valence-electron chi connectivity index (χ0n) is 31.7. The monoisotopic (exact) mass is 868 g/mol. The summed E-state index contributed by atoms with van der Waals surface area (Å²) in [7, 11) is 0. The predicted octanol–water partition coefficient (Wildman–Crippen LogP) is 4.47. The average Bonchev–Trinajstić information content (AvgIpc) is 3.00. The first-order valence-corrected chi connectivity index (χ1v) is 20.2. The smallest absolute Gasteiger partial charge is 0.306 e. The van der Waals surface area contributed by atoms with Crippen LogP contribution < -0.4 is 0 Å². The van der Waals surface area contributed by atoms with E-state index in [1.165, 1.54) is 0 Å². The Labute approximate surface area is 347 Å². The molecule has 19 heteroatoms. The Hall–Kier alpha value is -1.12. The number of carbonyl (C=O) groups is 6. The number of ether oxygens (including phenoxy) is 6. The Balaban J connectivity index is 0. The largest absolute Gasteiger partial charge is 0.465 e. The average molecular weight is 869 g/mol. The van der Waals surface area contributed by atoms with Gasteiger partial charge in [0.15, 0.2) is 0 Å². The lowest BCUT2D eigenvalue weighted by Gasteiger charge is -2.30. The van der Waals surface area contributed by atoms with E-state index in [0.29, 0.717) is 0 Å². The van der Waals surface area contributed by atoms with E-state index < -0.39 is 53.3 Å². The molecule has 0 rings (SSSR count). The SMILES string of the molecule is CC(S)CC(=O)OCC(C)(COC(=O)CC(C)S)COC(=O)CC(C)S.CC(S)CC(=O)OCC(CO)(COC(=O)CC(C)S)COC(=O)CC(C)S. The number of esters is 6. The minimum Gasteiger partial charge on any atom is -0.465 e. The predicted molar refractivity (Wildman–Crippen MR) is 222 cm³/mol. The van der Waals surface area contributed by atoms with Crippen LogP contribution in [0, 0.1) is 10.8 Å². The van der Waals surface area contributed by atoms with E-state index >= 15 is 0 Å². The summed E-state index contributed by atoms with van der Waals surface area (Å²) in [5.74, 6) is -2.78. The minimum atomic E-state index is -1.25. The highest BCUT2D eigenvalue weighted by Gasteiger charge is 2.36. The molecule has 0 aromatic carbocycles. The number of rotatable bonds is 25. The molecular weight excluding hydrogens is 809 g/mol. The molecule has 0 spiro atoms. The molecule has 0 amide bonds. The van der Waals surface area contributed by atoms with E-state index in [1.807, 2.05) is 0 Å². The highest BCUT2D eigenvalue weighted by molar-refractivity contribution is 7.81. The molecule has 0 fully saturated rings. The molecule has 0 aliphatic carbocycles. The fraction of sp³-hybridized carbons (Fsp3) is 0.824. The van der Waals surface area contributed by atoms with Crippen LogP contribution in [0.1, 0.15) is 87.0 Å². The van der Waals surface area contributed by atoms with E-state index in [0.717, 1.165) is 0 Å². The van der Waals surface area contributed by atoms with Crippen LogP contribution in [0.2, 0.25) is 0 Å². The molecule has 310 valence electrons. The number of aliphatic hydroxyl groups excluding tert-OH is 1. The van der Waals surface area contributed by atoms with Crippen molar-refractivity contribution < 1.29 is 62.3 Å². The van der Waals surface area contributed by atoms with Gasteiger partial charge in [0.05, 0.1) is 56.0 Å². The van der Waals surface area contributed by atoms with Crippen LogP contribution in [0.4, 0.5) is 0 Å². The summed E-state index contributed by atoms with van der Waals surface area (Å²) in [5.41, 5.74) is -2.10. The lowest BCUT2D eigenvalue weighted by molar-refractivity contribution is -0.166. The molecule has 0 radical (unpaired) electrons. The topological polar surface area (TPSA) is 178 Å². The zero-order valence-corrected chi connectivity index (χ0v) is 37.1. The molecule has 6 atom stereocenters. The maximum absolute atomic E-state index is 11.8. The molecule has 53 heavy (non-hydrogen) atoms. The van der Waals surface area contributed by atoms with Crippen LogP contribution in [0.5, 0.6) is 0 Å². The van der Waals surface area contributed by atoms with Gasteiger partial charge in [-0.25, -0.2) is 0 Å². The van der Waals surface area contributed by atoms with Crippen molar-refractivity contribution >= 4 is 112 Å². The molecule has 0 aromatic heterocycles. The molecule has 1 N–H and O–H groups in total. The van der Waals surface area contributed by atoms with Gasteiger partial charge >= 0.3 is 35.8 Å². The molecule has 0 heterocycles. The molecule has 0 saturated carbocycles. The summed E-state index contributed by atoms with van der Waals surface area (Å²) >= 11 is 24.8. The normalized spacial score (nSPS) is 16.6. The van der Waals surface area contributed by atoms with Crippen molar-refractivity contribution in [2.45, 2.75) is 118 Å². The lowest BCUT2D eigenvalue weighted by atomic mass is 9.92. The van der Waals surface area contributed by atoms with Crippen molar-refractivity contribution in [3.63, 3.8) is 0 Å². The van der Waals surface area contributed by atoms with Crippen LogP contribution in [0.15, 0.2) is 0 Å². The maximum atomic E-state index is 11.8. The van der Waals surface area contributed by atoms with Crippen molar-refractivity contribution in [2.24, 2.45) is 10.8 Å². The minimum absolute atomic E-state index is 0.0419. The number of hydrogen-bond acceptors (Lipinski definition) is 19. The number of aliphatic hydroxyl groups is 1. The van der Waals surface area contributed by atoms with Crippen molar-refractivity contribution in [1.29, 1.82) is 0 Å². The molecule has 0 saturated heterocycles. The second kappa shape index (κ2) is 29.2. The number of carbonyl (C=O) groups excluding carboxylic acids is 6. The Morgan fingerprint density at radius 2 is 0.585 bits per heavy atom. The van der Waals surface area contributed by atoms with Crippen molar-refractivity contribution in [3.05, 3.63) is 0 Å². The lowest BCUT2D eigenvalue weighted by Crippen LogP contribution is -2.43. The second-order valence-corrected chi connectivity index (χ2v) is 19.0. The van der Waals surface area contributed by atoms with Gasteiger partial charge in [-0.3, -0.25) is 28.8 Å². The summed E-state index contributed by atoms with van der Waals surface area (Å²) in [4.78, 5) is 70.7. The summed E-state index contributed by atoms with van der Waals surface area (Å²) in [6.07, 6.45) is 0.725. The Morgan fingerprint density at radius 1 is 0.415 bits per heavy atom. The molecule has 0 bridgehead atoms. The van der Waals surface area contributed by atoms with Gasteiger partial charge in [-0.1, -0.05) is 41.5 Å². The number of thiol groups is 6. The maximum Gasteiger partial charge on any atom is 0.306 e. The third-order valence-corrected chi connectivity index (χ3v) is 7.57. The highest BCUT2D eigenvalue weighted by Crippen LogP contribution is 2.22. The van der Waals surface area contributed by atoms with Crippen LogP contribution in [-0.4, -0.2) is 119 Å². The third kappa shape index (κ3) is 31.7. The van der Waals surface area contributed by atoms with Crippen molar-refractivity contribution in [3.8, 4) is 0 Å². The fourth-order valence-electron chi connectivity index (χ4n) is 3.65. The van der Waals surface area contributed by atoms with Gasteiger partial charge in [-0.05, 0) is 6.92 Å². The molecular formula is C34H60O13S6. The molecule has 0 aliphatic heterocycles. The summed E-state index contributed by atoms with van der Waals surface area (Å²) in [6.45, 7) is 10.9. The van der Waals surface area contributed by atoms with Gasteiger partial charge in [0.1, 0.15) is 39.6 Å². The van der Waals surface area contributed by atoms with Gasteiger partial charge in [-0.2, -0.15) is 75.8 Å². The van der Waals surface area contributed by atoms with Crippen LogP contribution in [0.25, 0.3) is 0 Å². The van der Waals surface area contributed by atoms with E-state index in [-0.39, 0.29) is 110 Å².